The average molecular weight is 273 g/mol. The van der Waals surface area contributed by atoms with E-state index in [4.69, 9.17) is 10.5 Å². The molecular formula is C10H10F3N5O. The van der Waals surface area contributed by atoms with Gasteiger partial charge < -0.3 is 10.5 Å². The molecule has 0 bridgehead atoms. The quantitative estimate of drug-likeness (QED) is 0.926. The molecule has 0 aliphatic carbocycles. The van der Waals surface area contributed by atoms with Crippen molar-refractivity contribution >= 4 is 5.82 Å². The lowest BCUT2D eigenvalue weighted by Crippen LogP contribution is -2.12. The Labute approximate surface area is 106 Å². The molecule has 2 heterocycles. The van der Waals surface area contributed by atoms with Gasteiger partial charge in [-0.3, -0.25) is 4.68 Å². The Hall–Kier alpha value is -2.32. The highest BCUT2D eigenvalue weighted by molar-refractivity contribution is 5.35. The molecule has 102 valence electrons. The molecule has 0 aromatic carbocycles. The summed E-state index contributed by atoms with van der Waals surface area (Å²) >= 11 is 0. The van der Waals surface area contributed by atoms with Crippen LogP contribution in [0.1, 0.15) is 12.7 Å². The van der Waals surface area contributed by atoms with E-state index in [1.807, 2.05) is 6.92 Å². The van der Waals surface area contributed by atoms with E-state index < -0.39 is 12.0 Å². The molecule has 0 saturated carbocycles. The summed E-state index contributed by atoms with van der Waals surface area (Å²) in [4.78, 5) is 6.37. The minimum atomic E-state index is -4.68. The number of rotatable bonds is 3. The number of hydrogen-bond donors (Lipinski definition) is 1. The topological polar surface area (TPSA) is 78.9 Å². The van der Waals surface area contributed by atoms with Gasteiger partial charge in [0.25, 0.3) is 0 Å². The number of nitrogens with zero attached hydrogens (tertiary/aromatic N) is 4. The zero-order valence-corrected chi connectivity index (χ0v) is 9.85. The van der Waals surface area contributed by atoms with Crippen LogP contribution in [0.15, 0.2) is 18.5 Å². The van der Waals surface area contributed by atoms with Gasteiger partial charge >= 0.3 is 6.18 Å². The molecule has 0 atom stereocenters. The highest BCUT2D eigenvalue weighted by atomic mass is 19.4. The van der Waals surface area contributed by atoms with E-state index in [-0.39, 0.29) is 17.4 Å². The van der Waals surface area contributed by atoms with E-state index in [9.17, 15) is 13.2 Å². The van der Waals surface area contributed by atoms with Crippen molar-refractivity contribution in [3.63, 3.8) is 0 Å². The van der Waals surface area contributed by atoms with Crippen molar-refractivity contribution in [1.29, 1.82) is 0 Å². The van der Waals surface area contributed by atoms with Crippen molar-refractivity contribution in [3.05, 3.63) is 24.3 Å². The van der Waals surface area contributed by atoms with Crippen molar-refractivity contribution in [3.8, 4) is 11.6 Å². The van der Waals surface area contributed by atoms with Gasteiger partial charge in [0, 0.05) is 12.6 Å². The monoisotopic (exact) mass is 273 g/mol. The van der Waals surface area contributed by atoms with Gasteiger partial charge in [-0.1, -0.05) is 0 Å². The minimum Gasteiger partial charge on any atom is -0.436 e. The van der Waals surface area contributed by atoms with E-state index in [1.54, 1.807) is 4.68 Å². The molecule has 0 amide bonds. The molecule has 0 saturated heterocycles. The van der Waals surface area contributed by atoms with Gasteiger partial charge in [-0.15, -0.1) is 0 Å². The van der Waals surface area contributed by atoms with Gasteiger partial charge in [-0.25, -0.2) is 4.98 Å². The molecule has 19 heavy (non-hydrogen) atoms. The second-order valence-electron chi connectivity index (χ2n) is 3.59. The number of ether oxygens (including phenoxy) is 1. The molecule has 9 heteroatoms. The molecule has 0 spiro atoms. The average Bonchev–Trinajstić information content (AvgIpc) is 2.75. The first-order chi connectivity index (χ1) is 8.88. The zero-order chi connectivity index (χ0) is 14.0. The third-order valence-electron chi connectivity index (χ3n) is 2.13. The Kier molecular flexibility index (Phi) is 3.28. The smallest absolute Gasteiger partial charge is 0.436 e. The lowest BCUT2D eigenvalue weighted by molar-refractivity contribution is -0.145. The van der Waals surface area contributed by atoms with Crippen LogP contribution in [0.5, 0.6) is 11.6 Å². The van der Waals surface area contributed by atoms with Gasteiger partial charge in [0.15, 0.2) is 5.75 Å². The fourth-order valence-corrected chi connectivity index (χ4v) is 1.31. The van der Waals surface area contributed by atoms with E-state index in [2.05, 4.69) is 15.1 Å². The first-order valence-corrected chi connectivity index (χ1v) is 5.30. The molecule has 0 unspecified atom stereocenters. The summed E-state index contributed by atoms with van der Waals surface area (Å²) in [6.45, 7) is 2.48. The maximum absolute atomic E-state index is 12.5. The molecule has 2 aromatic rings. The second-order valence-corrected chi connectivity index (χ2v) is 3.59. The largest absolute Gasteiger partial charge is 0.451 e. The van der Waals surface area contributed by atoms with Gasteiger partial charge in [-0.05, 0) is 6.92 Å². The predicted molar refractivity (Wildman–Crippen MR) is 59.4 cm³/mol. The summed E-state index contributed by atoms with van der Waals surface area (Å²) in [5, 5.41) is 3.92. The Bertz CT molecular complexity index is 581. The van der Waals surface area contributed by atoms with Crippen LogP contribution in [0, 0.1) is 0 Å². The lowest BCUT2D eigenvalue weighted by Gasteiger charge is -2.08. The zero-order valence-electron chi connectivity index (χ0n) is 9.85. The Balaban J connectivity index is 2.27. The normalized spacial score (nSPS) is 11.6. The van der Waals surface area contributed by atoms with Gasteiger partial charge in [0.2, 0.25) is 11.7 Å². The molecule has 6 nitrogen and oxygen atoms in total. The Morgan fingerprint density at radius 3 is 2.68 bits per heavy atom. The van der Waals surface area contributed by atoms with E-state index in [0.29, 0.717) is 6.54 Å². The molecular weight excluding hydrogens is 263 g/mol. The molecule has 0 aliphatic heterocycles. The van der Waals surface area contributed by atoms with Gasteiger partial charge in [0.1, 0.15) is 5.82 Å². The number of aromatic nitrogens is 4. The fraction of sp³-hybridized carbons (Fsp3) is 0.300. The fourth-order valence-electron chi connectivity index (χ4n) is 1.31. The van der Waals surface area contributed by atoms with Gasteiger partial charge in [-0.2, -0.15) is 23.3 Å². The van der Waals surface area contributed by atoms with Gasteiger partial charge in [0.05, 0.1) is 12.4 Å². The molecule has 0 radical (unpaired) electrons. The van der Waals surface area contributed by atoms with Crippen molar-refractivity contribution in [2.24, 2.45) is 0 Å². The third kappa shape index (κ3) is 3.12. The van der Waals surface area contributed by atoms with Crippen LogP contribution in [0.3, 0.4) is 0 Å². The highest BCUT2D eigenvalue weighted by Crippen LogP contribution is 2.29. The summed E-state index contributed by atoms with van der Waals surface area (Å²) in [5.41, 5.74) is 5.29. The van der Waals surface area contributed by atoms with Crippen LogP contribution >= 0.6 is 0 Å². The number of hydrogen-bond acceptors (Lipinski definition) is 5. The van der Waals surface area contributed by atoms with Crippen LogP contribution in [0.2, 0.25) is 0 Å². The number of nitrogen functional groups attached to an aromatic ring is 1. The third-order valence-corrected chi connectivity index (χ3v) is 2.13. The predicted octanol–water partition coefficient (Wildman–Crippen LogP) is 2.09. The molecule has 0 fully saturated rings. The molecule has 2 aromatic heterocycles. The Morgan fingerprint density at radius 2 is 2.11 bits per heavy atom. The molecule has 2 rings (SSSR count). The summed E-state index contributed by atoms with van der Waals surface area (Å²) in [6, 6.07) is 1.11. The van der Waals surface area contributed by atoms with E-state index in [0.717, 1.165) is 6.07 Å². The highest BCUT2D eigenvalue weighted by Gasteiger charge is 2.35. The van der Waals surface area contributed by atoms with Crippen molar-refractivity contribution in [2.45, 2.75) is 19.6 Å². The summed E-state index contributed by atoms with van der Waals surface area (Å²) < 4.78 is 44.2. The second kappa shape index (κ2) is 4.75. The van der Waals surface area contributed by atoms with Crippen LogP contribution in [-0.2, 0) is 12.7 Å². The maximum atomic E-state index is 12.5. The number of alkyl halides is 3. The lowest BCUT2D eigenvalue weighted by atomic mass is 10.5. The minimum absolute atomic E-state index is 0.271. The standard InChI is InChI=1S/C10H10F3N5O/c1-2-18-5-6(4-15-18)19-8-3-7(14)16-9(17-8)10(11,12)13/h3-5H,2H2,1H3,(H2,14,16,17). The summed E-state index contributed by atoms with van der Waals surface area (Å²) in [5.74, 6) is -1.67. The summed E-state index contributed by atoms with van der Waals surface area (Å²) in [7, 11) is 0. The van der Waals surface area contributed by atoms with Crippen molar-refractivity contribution < 1.29 is 17.9 Å². The number of halogens is 3. The molecule has 2 N–H and O–H groups in total. The first kappa shape index (κ1) is 13.1. The maximum Gasteiger partial charge on any atom is 0.451 e. The Morgan fingerprint density at radius 1 is 1.37 bits per heavy atom. The SMILES string of the molecule is CCn1cc(Oc2cc(N)nc(C(F)(F)F)n2)cn1. The van der Waals surface area contributed by atoms with Crippen LogP contribution in [0.4, 0.5) is 19.0 Å². The van der Waals surface area contributed by atoms with Crippen LogP contribution in [-0.4, -0.2) is 19.7 Å². The van der Waals surface area contributed by atoms with Crippen molar-refractivity contribution in [1.82, 2.24) is 19.7 Å². The number of anilines is 1. The molecule has 0 aliphatic rings. The first-order valence-electron chi connectivity index (χ1n) is 5.30. The van der Waals surface area contributed by atoms with E-state index >= 15 is 0 Å². The summed E-state index contributed by atoms with van der Waals surface area (Å²) in [6.07, 6.45) is -1.78. The number of nitrogens with two attached hydrogens (primary N) is 1. The van der Waals surface area contributed by atoms with Crippen LogP contribution < -0.4 is 10.5 Å². The van der Waals surface area contributed by atoms with Crippen LogP contribution in [0.25, 0.3) is 0 Å². The number of aryl methyl sites for hydroxylation is 1. The van der Waals surface area contributed by atoms with E-state index in [1.165, 1.54) is 12.4 Å². The van der Waals surface area contributed by atoms with Crippen molar-refractivity contribution in [2.75, 3.05) is 5.73 Å².